The summed E-state index contributed by atoms with van der Waals surface area (Å²) in [7, 11) is 0. The highest BCUT2D eigenvalue weighted by atomic mass is 19.1. The van der Waals surface area contributed by atoms with Crippen LogP contribution in [0.25, 0.3) is 11.4 Å². The summed E-state index contributed by atoms with van der Waals surface area (Å²) >= 11 is 0. The van der Waals surface area contributed by atoms with E-state index in [0.29, 0.717) is 5.82 Å². The molecule has 2 aromatic carbocycles. The Balaban J connectivity index is 1.69. The van der Waals surface area contributed by atoms with Gasteiger partial charge in [0.25, 0.3) is 0 Å². The van der Waals surface area contributed by atoms with Crippen LogP contribution in [0.3, 0.4) is 0 Å². The maximum Gasteiger partial charge on any atom is 0.181 e. The van der Waals surface area contributed by atoms with Crippen molar-refractivity contribution in [3.8, 4) is 11.4 Å². The first-order valence-electron chi connectivity index (χ1n) is 6.52. The van der Waals surface area contributed by atoms with Crippen LogP contribution in [0.5, 0.6) is 0 Å². The van der Waals surface area contributed by atoms with Crippen molar-refractivity contribution in [2.24, 2.45) is 0 Å². The van der Waals surface area contributed by atoms with Gasteiger partial charge in [0, 0.05) is 12.0 Å². The fourth-order valence-corrected chi connectivity index (χ4v) is 2.04. The van der Waals surface area contributed by atoms with Gasteiger partial charge in [-0.3, -0.25) is 5.10 Å². The highest BCUT2D eigenvalue weighted by Gasteiger charge is 2.06. The van der Waals surface area contributed by atoms with Crippen LogP contribution in [-0.2, 0) is 12.8 Å². The molecule has 3 rings (SSSR count). The van der Waals surface area contributed by atoms with Gasteiger partial charge in [-0.2, -0.15) is 5.10 Å². The molecule has 1 heterocycles. The monoisotopic (exact) mass is 267 g/mol. The number of nitrogens with zero attached hydrogens (tertiary/aromatic N) is 2. The van der Waals surface area contributed by atoms with Crippen LogP contribution in [0.15, 0.2) is 54.6 Å². The van der Waals surface area contributed by atoms with E-state index in [-0.39, 0.29) is 5.82 Å². The van der Waals surface area contributed by atoms with Crippen molar-refractivity contribution in [3.63, 3.8) is 0 Å². The highest BCUT2D eigenvalue weighted by Crippen LogP contribution is 2.15. The van der Waals surface area contributed by atoms with Crippen molar-refractivity contribution >= 4 is 0 Å². The quantitative estimate of drug-likeness (QED) is 0.787. The number of H-pyrrole nitrogens is 1. The third kappa shape index (κ3) is 2.91. The summed E-state index contributed by atoms with van der Waals surface area (Å²) < 4.78 is 12.9. The lowest BCUT2D eigenvalue weighted by Crippen LogP contribution is -1.93. The van der Waals surface area contributed by atoms with Crippen LogP contribution >= 0.6 is 0 Å². The van der Waals surface area contributed by atoms with Gasteiger partial charge >= 0.3 is 0 Å². The minimum absolute atomic E-state index is 0.256. The van der Waals surface area contributed by atoms with Gasteiger partial charge in [-0.15, -0.1) is 0 Å². The number of aromatic amines is 1. The summed E-state index contributed by atoms with van der Waals surface area (Å²) in [5, 5.41) is 7.10. The van der Waals surface area contributed by atoms with Crippen molar-refractivity contribution in [1.29, 1.82) is 0 Å². The molecule has 0 saturated carbocycles. The second kappa shape index (κ2) is 5.65. The lowest BCUT2D eigenvalue weighted by molar-refractivity contribution is 0.628. The average Bonchev–Trinajstić information content (AvgIpc) is 2.96. The minimum atomic E-state index is -0.256. The van der Waals surface area contributed by atoms with Crippen molar-refractivity contribution in [2.45, 2.75) is 12.8 Å². The molecule has 0 unspecified atom stereocenters. The van der Waals surface area contributed by atoms with Gasteiger partial charge in [-0.05, 0) is 36.2 Å². The molecule has 0 aliphatic carbocycles. The second-order valence-electron chi connectivity index (χ2n) is 4.60. The van der Waals surface area contributed by atoms with Gasteiger partial charge in [-0.25, -0.2) is 9.37 Å². The molecule has 0 bridgehead atoms. The molecule has 0 fully saturated rings. The van der Waals surface area contributed by atoms with Crippen LogP contribution in [0.2, 0.25) is 0 Å². The molecule has 0 spiro atoms. The number of aryl methyl sites for hydroxylation is 2. The van der Waals surface area contributed by atoms with Gasteiger partial charge in [0.1, 0.15) is 11.6 Å². The molecular weight excluding hydrogens is 253 g/mol. The molecule has 20 heavy (non-hydrogen) atoms. The Morgan fingerprint density at radius 2 is 1.65 bits per heavy atom. The fraction of sp³-hybridized carbons (Fsp3) is 0.125. The number of halogens is 1. The lowest BCUT2D eigenvalue weighted by Gasteiger charge is -1.97. The van der Waals surface area contributed by atoms with E-state index in [1.54, 1.807) is 12.1 Å². The number of nitrogens with one attached hydrogen (secondary N) is 1. The molecule has 1 aromatic heterocycles. The highest BCUT2D eigenvalue weighted by molar-refractivity contribution is 5.54. The molecule has 0 amide bonds. The SMILES string of the molecule is Fc1ccc(-c2n[nH]c(CCc3ccccc3)n2)cc1. The van der Waals surface area contributed by atoms with E-state index in [2.05, 4.69) is 27.3 Å². The predicted octanol–water partition coefficient (Wildman–Crippen LogP) is 3.40. The van der Waals surface area contributed by atoms with Gasteiger partial charge in [0.15, 0.2) is 5.82 Å². The van der Waals surface area contributed by atoms with Crippen molar-refractivity contribution in [1.82, 2.24) is 15.2 Å². The largest absolute Gasteiger partial charge is 0.263 e. The Kier molecular flexibility index (Phi) is 3.54. The topological polar surface area (TPSA) is 41.6 Å². The van der Waals surface area contributed by atoms with Crippen LogP contribution in [0, 0.1) is 5.82 Å². The van der Waals surface area contributed by atoms with Gasteiger partial charge in [-0.1, -0.05) is 30.3 Å². The molecule has 4 heteroatoms. The molecule has 0 atom stereocenters. The average molecular weight is 267 g/mol. The lowest BCUT2D eigenvalue weighted by atomic mass is 10.1. The molecule has 1 N–H and O–H groups in total. The van der Waals surface area contributed by atoms with Gasteiger partial charge in [0.05, 0.1) is 0 Å². The molecule has 0 radical (unpaired) electrons. The van der Waals surface area contributed by atoms with Crippen LogP contribution < -0.4 is 0 Å². The molecule has 0 saturated heterocycles. The molecule has 0 aliphatic rings. The van der Waals surface area contributed by atoms with Crippen molar-refractivity contribution in [3.05, 3.63) is 71.8 Å². The zero-order valence-electron chi connectivity index (χ0n) is 10.9. The number of benzene rings is 2. The second-order valence-corrected chi connectivity index (χ2v) is 4.60. The van der Waals surface area contributed by atoms with Gasteiger partial charge < -0.3 is 0 Å². The summed E-state index contributed by atoms with van der Waals surface area (Å²) in [5.41, 5.74) is 2.08. The third-order valence-corrected chi connectivity index (χ3v) is 3.13. The normalized spacial score (nSPS) is 10.7. The third-order valence-electron chi connectivity index (χ3n) is 3.13. The number of aromatic nitrogens is 3. The van der Waals surface area contributed by atoms with E-state index in [1.165, 1.54) is 17.7 Å². The smallest absolute Gasteiger partial charge is 0.181 e. The first-order valence-corrected chi connectivity index (χ1v) is 6.52. The molecule has 3 nitrogen and oxygen atoms in total. The summed E-state index contributed by atoms with van der Waals surface area (Å²) in [4.78, 5) is 4.44. The Morgan fingerprint density at radius 3 is 2.40 bits per heavy atom. The molecule has 0 aliphatic heterocycles. The number of rotatable bonds is 4. The van der Waals surface area contributed by atoms with Crippen molar-refractivity contribution in [2.75, 3.05) is 0 Å². The Hall–Kier alpha value is -2.49. The first-order chi connectivity index (χ1) is 9.81. The number of hydrogen-bond acceptors (Lipinski definition) is 2. The van der Waals surface area contributed by atoms with E-state index < -0.39 is 0 Å². The van der Waals surface area contributed by atoms with Crippen LogP contribution in [0.1, 0.15) is 11.4 Å². The van der Waals surface area contributed by atoms with E-state index in [4.69, 9.17) is 0 Å². The zero-order valence-corrected chi connectivity index (χ0v) is 10.9. The Labute approximate surface area is 116 Å². The van der Waals surface area contributed by atoms with Crippen molar-refractivity contribution < 1.29 is 4.39 Å². The maximum atomic E-state index is 12.9. The molecule has 3 aromatic rings. The summed E-state index contributed by atoms with van der Waals surface area (Å²) in [5.74, 6) is 1.19. The summed E-state index contributed by atoms with van der Waals surface area (Å²) in [6.45, 7) is 0. The zero-order chi connectivity index (χ0) is 13.8. The first kappa shape index (κ1) is 12.5. The Bertz CT molecular complexity index is 674. The summed E-state index contributed by atoms with van der Waals surface area (Å²) in [6, 6.07) is 16.4. The maximum absolute atomic E-state index is 12.9. The predicted molar refractivity (Wildman–Crippen MR) is 75.6 cm³/mol. The fourth-order valence-electron chi connectivity index (χ4n) is 2.04. The Morgan fingerprint density at radius 1 is 0.900 bits per heavy atom. The van der Waals surface area contributed by atoms with E-state index >= 15 is 0 Å². The minimum Gasteiger partial charge on any atom is -0.263 e. The number of hydrogen-bond donors (Lipinski definition) is 1. The molecular formula is C16H14FN3. The van der Waals surface area contributed by atoms with E-state index in [9.17, 15) is 4.39 Å². The van der Waals surface area contributed by atoms with E-state index in [0.717, 1.165) is 24.2 Å². The standard InChI is InChI=1S/C16H14FN3/c17-14-9-7-13(8-10-14)16-18-15(19-20-16)11-6-12-4-2-1-3-5-12/h1-5,7-10H,6,11H2,(H,18,19,20). The van der Waals surface area contributed by atoms with Crippen LogP contribution in [-0.4, -0.2) is 15.2 Å². The van der Waals surface area contributed by atoms with E-state index in [1.807, 2.05) is 18.2 Å². The van der Waals surface area contributed by atoms with Crippen LogP contribution in [0.4, 0.5) is 4.39 Å². The summed E-state index contributed by atoms with van der Waals surface area (Å²) in [6.07, 6.45) is 1.72. The van der Waals surface area contributed by atoms with Gasteiger partial charge in [0.2, 0.25) is 0 Å². The molecule has 100 valence electrons.